The van der Waals surface area contributed by atoms with Gasteiger partial charge in [-0.25, -0.2) is 0 Å². The predicted octanol–water partition coefficient (Wildman–Crippen LogP) is 6.33. The molecule has 0 fully saturated rings. The van der Waals surface area contributed by atoms with Gasteiger partial charge in [0.15, 0.2) is 11.5 Å². The molecule has 0 saturated carbocycles. The molecule has 42 heavy (non-hydrogen) atoms. The molecule has 1 heterocycles. The van der Waals surface area contributed by atoms with Crippen LogP contribution >= 0.6 is 0 Å². The van der Waals surface area contributed by atoms with Gasteiger partial charge in [-0.2, -0.15) is 13.2 Å². The molecule has 222 valence electrons. The van der Waals surface area contributed by atoms with E-state index in [2.05, 4.69) is 4.98 Å². The highest BCUT2D eigenvalue weighted by Gasteiger charge is 2.32. The van der Waals surface area contributed by atoms with Crippen molar-refractivity contribution in [1.29, 1.82) is 0 Å². The number of aromatic nitrogens is 1. The highest BCUT2D eigenvalue weighted by Crippen LogP contribution is 2.30. The van der Waals surface area contributed by atoms with Crippen LogP contribution in [0.2, 0.25) is 0 Å². The molecule has 7 nitrogen and oxygen atoms in total. The molecule has 0 bridgehead atoms. The first kappa shape index (κ1) is 30.5. The van der Waals surface area contributed by atoms with Crippen LogP contribution < -0.4 is 9.47 Å². The van der Waals surface area contributed by atoms with Gasteiger partial charge in [-0.05, 0) is 67.8 Å². The molecule has 0 aliphatic heterocycles. The number of nitrogens with zero attached hydrogens (tertiary/aromatic N) is 2. The van der Waals surface area contributed by atoms with Crippen molar-refractivity contribution in [1.82, 2.24) is 14.8 Å². The molecule has 0 unspecified atom stereocenters. The second-order valence-corrected chi connectivity index (χ2v) is 10.2. The monoisotopic (exact) mass is 581 g/mol. The van der Waals surface area contributed by atoms with Crippen LogP contribution in [0.1, 0.15) is 40.9 Å². The van der Waals surface area contributed by atoms with Crippen LogP contribution in [-0.4, -0.2) is 59.9 Å². The number of aromatic amines is 1. The Hall–Kier alpha value is -4.47. The molecule has 0 saturated heterocycles. The predicted molar refractivity (Wildman–Crippen MR) is 155 cm³/mol. The summed E-state index contributed by atoms with van der Waals surface area (Å²) in [6, 6.07) is 17.1. The van der Waals surface area contributed by atoms with Crippen molar-refractivity contribution in [3.8, 4) is 11.5 Å². The molecule has 4 rings (SSSR count). The number of benzene rings is 3. The van der Waals surface area contributed by atoms with Gasteiger partial charge in [0.2, 0.25) is 5.91 Å². The lowest BCUT2D eigenvalue weighted by Gasteiger charge is -2.30. The van der Waals surface area contributed by atoms with Gasteiger partial charge in [-0.1, -0.05) is 30.3 Å². The van der Waals surface area contributed by atoms with E-state index in [4.69, 9.17) is 9.47 Å². The summed E-state index contributed by atoms with van der Waals surface area (Å²) < 4.78 is 50.7. The van der Waals surface area contributed by atoms with Crippen molar-refractivity contribution in [2.45, 2.75) is 39.0 Å². The number of nitrogens with one attached hydrogen (secondary N) is 1. The number of fused-ring (bicyclic) bond motifs is 1. The first-order valence-corrected chi connectivity index (χ1v) is 13.5. The van der Waals surface area contributed by atoms with Crippen LogP contribution in [0.3, 0.4) is 0 Å². The number of carbonyl (C=O) groups is 2. The summed E-state index contributed by atoms with van der Waals surface area (Å²) in [7, 11) is 3.07. The smallest absolute Gasteiger partial charge is 0.416 e. The Balaban J connectivity index is 1.60. The van der Waals surface area contributed by atoms with Gasteiger partial charge in [0, 0.05) is 41.8 Å². The van der Waals surface area contributed by atoms with Crippen molar-refractivity contribution >= 4 is 22.7 Å². The molecule has 1 N–H and O–H groups in total. The molecule has 10 heteroatoms. The number of carbonyl (C=O) groups excluding carboxylic acids is 2. The molecule has 0 aliphatic carbocycles. The lowest BCUT2D eigenvalue weighted by Crippen LogP contribution is -2.46. The van der Waals surface area contributed by atoms with Crippen LogP contribution in [0.4, 0.5) is 13.2 Å². The maximum Gasteiger partial charge on any atom is 0.416 e. The van der Waals surface area contributed by atoms with E-state index in [0.29, 0.717) is 24.5 Å². The molecule has 2 amide bonds. The summed E-state index contributed by atoms with van der Waals surface area (Å²) in [6.45, 7) is 3.73. The van der Waals surface area contributed by atoms with E-state index in [1.165, 1.54) is 31.3 Å². The normalized spacial score (nSPS) is 11.5. The van der Waals surface area contributed by atoms with E-state index in [9.17, 15) is 22.8 Å². The van der Waals surface area contributed by atoms with Crippen molar-refractivity contribution in [3.63, 3.8) is 0 Å². The first-order valence-electron chi connectivity index (χ1n) is 13.5. The quantitative estimate of drug-likeness (QED) is 0.225. The number of amides is 2. The Morgan fingerprint density at radius 3 is 2.36 bits per heavy atom. The van der Waals surface area contributed by atoms with Gasteiger partial charge >= 0.3 is 6.18 Å². The zero-order valence-corrected chi connectivity index (χ0v) is 24.0. The fourth-order valence-corrected chi connectivity index (χ4v) is 4.81. The zero-order chi connectivity index (χ0) is 30.4. The highest BCUT2D eigenvalue weighted by atomic mass is 19.4. The molecule has 0 aliphatic rings. The third-order valence-electron chi connectivity index (χ3n) is 7.13. The van der Waals surface area contributed by atoms with Gasteiger partial charge in [0.1, 0.15) is 6.54 Å². The summed E-state index contributed by atoms with van der Waals surface area (Å²) in [4.78, 5) is 33.4. The molecule has 0 spiro atoms. The fourth-order valence-electron chi connectivity index (χ4n) is 4.81. The van der Waals surface area contributed by atoms with E-state index in [1.807, 2.05) is 36.5 Å². The number of methoxy groups -OCH3 is 2. The molecule has 0 atom stereocenters. The number of ether oxygens (including phenoxy) is 2. The Kier molecular flexibility index (Phi) is 9.45. The summed E-state index contributed by atoms with van der Waals surface area (Å²) in [5.41, 5.74) is 1.77. The Labute approximate surface area is 242 Å². The molecule has 3 aromatic carbocycles. The molecule has 4 aromatic rings. The van der Waals surface area contributed by atoms with E-state index in [0.717, 1.165) is 34.2 Å². The highest BCUT2D eigenvalue weighted by molar-refractivity contribution is 5.97. The number of rotatable bonds is 11. The maximum atomic E-state index is 13.8. The summed E-state index contributed by atoms with van der Waals surface area (Å²) in [5, 5.41) is 1.06. The third-order valence-corrected chi connectivity index (χ3v) is 7.13. The largest absolute Gasteiger partial charge is 0.493 e. The zero-order valence-electron chi connectivity index (χ0n) is 24.0. The minimum absolute atomic E-state index is 0.128. The molecule has 1 aromatic heterocycles. The van der Waals surface area contributed by atoms with Crippen molar-refractivity contribution < 1.29 is 32.2 Å². The van der Waals surface area contributed by atoms with E-state index >= 15 is 0 Å². The van der Waals surface area contributed by atoms with Crippen molar-refractivity contribution in [2.24, 2.45) is 0 Å². The average Bonchev–Trinajstić information content (AvgIpc) is 3.39. The third kappa shape index (κ3) is 7.05. The SMILES string of the molecule is COc1ccc(CN(CCc2c[nH]c3ccccc23)C(=O)CN(C(=O)c2cccc(C(F)(F)F)c2)C(C)C)cc1OC. The lowest BCUT2D eigenvalue weighted by atomic mass is 10.1. The number of H-pyrrole nitrogens is 1. The minimum Gasteiger partial charge on any atom is -0.493 e. The number of hydrogen-bond acceptors (Lipinski definition) is 4. The number of alkyl halides is 3. The Bertz CT molecular complexity index is 1550. The molecule has 0 radical (unpaired) electrons. The van der Waals surface area contributed by atoms with Crippen LogP contribution in [0.25, 0.3) is 10.9 Å². The number of para-hydroxylation sites is 1. The average molecular weight is 582 g/mol. The Morgan fingerprint density at radius 1 is 0.929 bits per heavy atom. The number of hydrogen-bond donors (Lipinski definition) is 1. The maximum absolute atomic E-state index is 13.8. The van der Waals surface area contributed by atoms with Gasteiger partial charge < -0.3 is 24.3 Å². The molecular weight excluding hydrogens is 547 g/mol. The van der Waals surface area contributed by atoms with Crippen molar-refractivity contribution in [3.05, 3.63) is 95.2 Å². The van der Waals surface area contributed by atoms with Crippen molar-refractivity contribution in [2.75, 3.05) is 27.3 Å². The van der Waals surface area contributed by atoms with E-state index < -0.39 is 23.7 Å². The summed E-state index contributed by atoms with van der Waals surface area (Å²) in [6.07, 6.45) is -2.12. The van der Waals surface area contributed by atoms with Gasteiger partial charge in [0.05, 0.1) is 19.8 Å². The van der Waals surface area contributed by atoms with Crippen LogP contribution in [0.5, 0.6) is 11.5 Å². The van der Waals surface area contributed by atoms with Crippen LogP contribution in [-0.2, 0) is 23.9 Å². The van der Waals surface area contributed by atoms with Gasteiger partial charge in [0.25, 0.3) is 5.91 Å². The summed E-state index contributed by atoms with van der Waals surface area (Å²) in [5.74, 6) is 0.0870. The van der Waals surface area contributed by atoms with Crippen LogP contribution in [0.15, 0.2) is 72.9 Å². The van der Waals surface area contributed by atoms with E-state index in [1.54, 1.807) is 30.9 Å². The first-order chi connectivity index (χ1) is 20.0. The van der Waals surface area contributed by atoms with Gasteiger partial charge in [-0.3, -0.25) is 9.59 Å². The topological polar surface area (TPSA) is 74.9 Å². The van der Waals surface area contributed by atoms with Gasteiger partial charge in [-0.15, -0.1) is 0 Å². The fraction of sp³-hybridized carbons (Fsp3) is 0.312. The lowest BCUT2D eigenvalue weighted by molar-refractivity contribution is -0.137. The summed E-state index contributed by atoms with van der Waals surface area (Å²) >= 11 is 0. The Morgan fingerprint density at radius 2 is 1.67 bits per heavy atom. The van der Waals surface area contributed by atoms with Crippen LogP contribution in [0, 0.1) is 0 Å². The van der Waals surface area contributed by atoms with E-state index in [-0.39, 0.29) is 24.6 Å². The standard InChI is InChI=1S/C32H34F3N3O4/c1-21(2)38(31(40)23-8-7-9-25(17-23)32(33,34)35)20-30(39)37(19-22-12-13-28(41-3)29(16-22)42-4)15-14-24-18-36-27-11-6-5-10-26(24)27/h5-13,16-18,21,36H,14-15,19-20H2,1-4H3. The second kappa shape index (κ2) is 13.0. The second-order valence-electron chi connectivity index (χ2n) is 10.2. The number of halogens is 3. The minimum atomic E-state index is -4.59. The molecular formula is C32H34F3N3O4.